The van der Waals surface area contributed by atoms with E-state index in [0.29, 0.717) is 36.6 Å². The highest BCUT2D eigenvalue weighted by atomic mass is 35.5. The molecule has 1 spiro atoms. The van der Waals surface area contributed by atoms with Gasteiger partial charge >= 0.3 is 0 Å². The third-order valence-electron chi connectivity index (χ3n) is 9.50. The zero-order valence-electron chi connectivity index (χ0n) is 25.5. The summed E-state index contributed by atoms with van der Waals surface area (Å²) in [6.07, 6.45) is 6.14. The number of hydrogen-bond donors (Lipinski definition) is 1. The standard InChI is InChI=1S/C35H42ClN3O4S/c1-5-18-37(25-15-9-7-10-16-25)32(41)28-27-22-24(4)35(44-27)29(28)33(42)39(20-11-8-12-21-40)31(35)34(43)38(19-6-2)30-23(3)14-13-17-26(30)36/h5-7,9-10,13-17,24,27-29,31,40H,1-2,8,11-12,18-22H2,3-4H3/t24?,27-,28+,29-,31?,35?/m0/s1. The number of anilines is 2. The van der Waals surface area contributed by atoms with E-state index in [1.165, 1.54) is 0 Å². The Morgan fingerprint density at radius 2 is 1.75 bits per heavy atom. The van der Waals surface area contributed by atoms with E-state index in [2.05, 4.69) is 20.1 Å². The van der Waals surface area contributed by atoms with Gasteiger partial charge in [0.05, 0.1) is 27.3 Å². The SMILES string of the molecule is C=CCN(C(=O)[C@@H]1[C@@H]2CC(C)C3(S2)C(C(=O)N(CC=C)c2c(C)cccc2Cl)N(CCCCCO)C(=O)[C@H]13)c1ccccc1. The van der Waals surface area contributed by atoms with Crippen LogP contribution >= 0.6 is 23.4 Å². The van der Waals surface area contributed by atoms with Gasteiger partial charge in [0.15, 0.2) is 0 Å². The number of benzene rings is 2. The number of carbonyl (C=O) groups is 3. The third-order valence-corrected chi connectivity index (χ3v) is 11.9. The Labute approximate surface area is 269 Å². The van der Waals surface area contributed by atoms with Gasteiger partial charge in [-0.15, -0.1) is 24.9 Å². The van der Waals surface area contributed by atoms with Crippen molar-refractivity contribution in [3.8, 4) is 0 Å². The van der Waals surface area contributed by atoms with Crippen LogP contribution in [0.1, 0.15) is 38.2 Å². The molecule has 0 saturated carbocycles. The Balaban J connectivity index is 1.59. The molecule has 6 atom stereocenters. The average molecular weight is 636 g/mol. The molecular weight excluding hydrogens is 594 g/mol. The zero-order valence-corrected chi connectivity index (χ0v) is 27.1. The molecule has 3 unspecified atom stereocenters. The van der Waals surface area contributed by atoms with Gasteiger partial charge in [0.2, 0.25) is 11.8 Å². The van der Waals surface area contributed by atoms with Crippen LogP contribution in [0.4, 0.5) is 11.4 Å². The Bertz CT molecular complexity index is 1400. The van der Waals surface area contributed by atoms with Crippen LogP contribution in [0.5, 0.6) is 0 Å². The van der Waals surface area contributed by atoms with E-state index in [4.69, 9.17) is 11.6 Å². The fourth-order valence-corrected chi connectivity index (χ4v) is 10.4. The number of likely N-dealkylation sites (tertiary alicyclic amines) is 1. The number of carbonyl (C=O) groups excluding carboxylic acids is 3. The minimum absolute atomic E-state index is 0.0365. The molecule has 5 rings (SSSR count). The molecule has 234 valence electrons. The molecule has 0 aromatic heterocycles. The van der Waals surface area contributed by atoms with Crippen LogP contribution in [0.15, 0.2) is 73.8 Å². The molecule has 3 aliphatic rings. The first kappa shape index (κ1) is 32.3. The Hall–Kier alpha value is -3.07. The number of nitrogens with zero attached hydrogens (tertiary/aromatic N) is 3. The smallest absolute Gasteiger partial charge is 0.251 e. The molecule has 3 saturated heterocycles. The van der Waals surface area contributed by atoms with Crippen molar-refractivity contribution < 1.29 is 19.5 Å². The van der Waals surface area contributed by atoms with Crippen molar-refractivity contribution in [1.29, 1.82) is 0 Å². The van der Waals surface area contributed by atoms with E-state index in [-0.39, 0.29) is 42.0 Å². The Morgan fingerprint density at radius 1 is 1.05 bits per heavy atom. The molecule has 7 nitrogen and oxygen atoms in total. The van der Waals surface area contributed by atoms with Crippen LogP contribution in [0.3, 0.4) is 0 Å². The molecule has 2 aromatic carbocycles. The second kappa shape index (κ2) is 13.5. The molecule has 0 radical (unpaired) electrons. The minimum atomic E-state index is -0.767. The third kappa shape index (κ3) is 5.39. The fourth-order valence-electron chi connectivity index (χ4n) is 7.66. The molecule has 2 bridgehead atoms. The molecule has 44 heavy (non-hydrogen) atoms. The summed E-state index contributed by atoms with van der Waals surface area (Å²) in [4.78, 5) is 49.2. The topological polar surface area (TPSA) is 81.2 Å². The lowest BCUT2D eigenvalue weighted by atomic mass is 9.65. The van der Waals surface area contributed by atoms with Crippen LogP contribution in [-0.2, 0) is 14.4 Å². The summed E-state index contributed by atoms with van der Waals surface area (Å²) in [7, 11) is 0. The van der Waals surface area contributed by atoms with E-state index in [9.17, 15) is 19.5 Å². The number of aliphatic hydroxyl groups excluding tert-OH is 1. The van der Waals surface area contributed by atoms with Gasteiger partial charge in [-0.05, 0) is 62.3 Å². The summed E-state index contributed by atoms with van der Waals surface area (Å²) in [5, 5.41) is 9.76. The van der Waals surface area contributed by atoms with Gasteiger partial charge in [0.1, 0.15) is 6.04 Å². The van der Waals surface area contributed by atoms with Crippen molar-refractivity contribution in [1.82, 2.24) is 4.90 Å². The normalized spacial score (nSPS) is 26.9. The lowest BCUT2D eigenvalue weighted by Gasteiger charge is -2.41. The molecule has 3 fully saturated rings. The number of rotatable bonds is 13. The van der Waals surface area contributed by atoms with Crippen LogP contribution in [-0.4, -0.2) is 70.0 Å². The lowest BCUT2D eigenvalue weighted by Crippen LogP contribution is -2.58. The first-order chi connectivity index (χ1) is 21.2. The number of thioether (sulfide) groups is 1. The highest BCUT2D eigenvalue weighted by Gasteiger charge is 2.76. The predicted octanol–water partition coefficient (Wildman–Crippen LogP) is 5.89. The molecule has 9 heteroatoms. The van der Waals surface area contributed by atoms with Crippen LogP contribution in [0, 0.1) is 24.7 Å². The van der Waals surface area contributed by atoms with Crippen molar-refractivity contribution in [2.45, 2.75) is 55.6 Å². The Kier molecular flexibility index (Phi) is 9.93. The first-order valence-electron chi connectivity index (χ1n) is 15.5. The summed E-state index contributed by atoms with van der Waals surface area (Å²) in [5.74, 6) is -1.58. The number of aliphatic hydroxyl groups is 1. The number of aryl methyl sites for hydroxylation is 1. The second-order valence-corrected chi connectivity index (χ2v) is 14.0. The van der Waals surface area contributed by atoms with Crippen molar-refractivity contribution in [2.24, 2.45) is 17.8 Å². The fraction of sp³-hybridized carbons (Fsp3) is 0.457. The summed E-state index contributed by atoms with van der Waals surface area (Å²) >= 11 is 8.37. The first-order valence-corrected chi connectivity index (χ1v) is 16.7. The number of halogens is 1. The minimum Gasteiger partial charge on any atom is -0.396 e. The molecule has 3 amide bonds. The van der Waals surface area contributed by atoms with E-state index in [1.54, 1.807) is 44.7 Å². The van der Waals surface area contributed by atoms with Gasteiger partial charge in [-0.3, -0.25) is 14.4 Å². The van der Waals surface area contributed by atoms with Crippen molar-refractivity contribution >= 4 is 52.5 Å². The molecule has 3 heterocycles. The number of para-hydroxylation sites is 2. The van der Waals surface area contributed by atoms with E-state index >= 15 is 0 Å². The molecule has 0 aliphatic carbocycles. The maximum atomic E-state index is 15.0. The highest BCUT2D eigenvalue weighted by molar-refractivity contribution is 8.02. The number of unbranched alkanes of at least 4 members (excludes halogenated alkanes) is 2. The van der Waals surface area contributed by atoms with Gasteiger partial charge in [0.25, 0.3) is 5.91 Å². The molecule has 2 aromatic rings. The van der Waals surface area contributed by atoms with E-state index in [1.807, 2.05) is 49.4 Å². The maximum absolute atomic E-state index is 15.0. The number of fused-ring (bicyclic) bond motifs is 1. The summed E-state index contributed by atoms with van der Waals surface area (Å²) in [6, 6.07) is 14.3. The van der Waals surface area contributed by atoms with Crippen LogP contribution < -0.4 is 9.80 Å². The molecule has 1 N–H and O–H groups in total. The van der Waals surface area contributed by atoms with Crippen LogP contribution in [0.2, 0.25) is 5.02 Å². The van der Waals surface area contributed by atoms with Gasteiger partial charge in [-0.25, -0.2) is 0 Å². The van der Waals surface area contributed by atoms with Crippen LogP contribution in [0.25, 0.3) is 0 Å². The predicted molar refractivity (Wildman–Crippen MR) is 179 cm³/mol. The van der Waals surface area contributed by atoms with E-state index in [0.717, 1.165) is 24.1 Å². The van der Waals surface area contributed by atoms with Crippen molar-refractivity contribution in [2.75, 3.05) is 36.0 Å². The van der Waals surface area contributed by atoms with Gasteiger partial charge in [-0.1, -0.05) is 61.0 Å². The summed E-state index contributed by atoms with van der Waals surface area (Å²) in [5.41, 5.74) is 2.23. The van der Waals surface area contributed by atoms with Crippen molar-refractivity contribution in [3.05, 3.63) is 84.4 Å². The summed E-state index contributed by atoms with van der Waals surface area (Å²) < 4.78 is -0.763. The highest BCUT2D eigenvalue weighted by Crippen LogP contribution is 2.69. The average Bonchev–Trinajstić information content (AvgIpc) is 3.60. The quantitative estimate of drug-likeness (QED) is 0.219. The largest absolute Gasteiger partial charge is 0.396 e. The molecule has 3 aliphatic heterocycles. The lowest BCUT2D eigenvalue weighted by molar-refractivity contribution is -0.139. The number of amides is 3. The van der Waals surface area contributed by atoms with Gasteiger partial charge in [-0.2, -0.15) is 0 Å². The van der Waals surface area contributed by atoms with Crippen molar-refractivity contribution in [3.63, 3.8) is 0 Å². The maximum Gasteiger partial charge on any atom is 0.251 e. The summed E-state index contributed by atoms with van der Waals surface area (Å²) in [6.45, 7) is 12.9. The molecular formula is C35H42ClN3O4S. The Morgan fingerprint density at radius 3 is 2.41 bits per heavy atom. The van der Waals surface area contributed by atoms with Gasteiger partial charge < -0.3 is 19.8 Å². The van der Waals surface area contributed by atoms with Gasteiger partial charge in [0, 0.05) is 37.2 Å². The zero-order chi connectivity index (χ0) is 31.6. The second-order valence-electron chi connectivity index (χ2n) is 12.1. The monoisotopic (exact) mass is 635 g/mol. The number of hydrogen-bond acceptors (Lipinski definition) is 5. The van der Waals surface area contributed by atoms with E-state index < -0.39 is 22.6 Å².